The molecule has 1 fully saturated rings. The number of thiophene rings is 1. The van der Waals surface area contributed by atoms with E-state index in [1.165, 1.54) is 4.88 Å². The molecule has 6 nitrogen and oxygen atoms in total. The first kappa shape index (κ1) is 19.5. The third kappa shape index (κ3) is 5.40. The molecule has 4 rings (SSSR count). The fraction of sp³-hybridized carbons (Fsp3) is 0.318. The van der Waals surface area contributed by atoms with Crippen LogP contribution >= 0.6 is 11.3 Å². The van der Waals surface area contributed by atoms with E-state index in [4.69, 9.17) is 0 Å². The second-order valence-electron chi connectivity index (χ2n) is 7.14. The zero-order valence-corrected chi connectivity index (χ0v) is 17.2. The van der Waals surface area contributed by atoms with Crippen molar-refractivity contribution in [3.63, 3.8) is 0 Å². The van der Waals surface area contributed by atoms with Gasteiger partial charge in [0, 0.05) is 37.6 Å². The number of benzene rings is 1. The van der Waals surface area contributed by atoms with E-state index in [2.05, 4.69) is 32.7 Å². The molecule has 1 saturated heterocycles. The Hall–Kier alpha value is -2.77. The number of hydrogen-bond acceptors (Lipinski definition) is 5. The third-order valence-corrected chi connectivity index (χ3v) is 5.86. The minimum atomic E-state index is -0.0266. The van der Waals surface area contributed by atoms with Crippen LogP contribution in [-0.2, 0) is 13.1 Å². The number of aromatic nitrogens is 3. The maximum atomic E-state index is 12.9. The van der Waals surface area contributed by atoms with Gasteiger partial charge in [0.25, 0.3) is 5.91 Å². The molecule has 7 heteroatoms. The molecule has 0 aliphatic carbocycles. The minimum Gasteiger partial charge on any atom is -0.336 e. The van der Waals surface area contributed by atoms with Crippen LogP contribution in [0.2, 0.25) is 0 Å². The Kier molecular flexibility index (Phi) is 6.49. The van der Waals surface area contributed by atoms with E-state index >= 15 is 0 Å². The second kappa shape index (κ2) is 9.62. The maximum absolute atomic E-state index is 12.9. The summed E-state index contributed by atoms with van der Waals surface area (Å²) in [6.07, 6.45) is 6.78. The summed E-state index contributed by atoms with van der Waals surface area (Å²) in [4.78, 5) is 18.6. The molecular formula is C22H25N5OS. The van der Waals surface area contributed by atoms with Crippen LogP contribution in [0, 0.1) is 0 Å². The largest absolute Gasteiger partial charge is 0.336 e. The SMILES string of the molecule is O=C(c1cn(CC=Cc2ccccc2)nn1)N1CCCN(Cc2cccs2)CC1. The molecule has 0 spiro atoms. The van der Waals surface area contributed by atoms with Gasteiger partial charge < -0.3 is 4.90 Å². The van der Waals surface area contributed by atoms with Crippen molar-refractivity contribution in [2.45, 2.75) is 19.5 Å². The summed E-state index contributed by atoms with van der Waals surface area (Å²) in [5.74, 6) is -0.0266. The Balaban J connectivity index is 1.31. The highest BCUT2D eigenvalue weighted by atomic mass is 32.1. The number of nitrogens with zero attached hydrogens (tertiary/aromatic N) is 5. The van der Waals surface area contributed by atoms with Gasteiger partial charge in [-0.1, -0.05) is 53.8 Å². The summed E-state index contributed by atoms with van der Waals surface area (Å²) in [5.41, 5.74) is 1.56. The van der Waals surface area contributed by atoms with E-state index < -0.39 is 0 Å². The summed E-state index contributed by atoms with van der Waals surface area (Å²) >= 11 is 1.79. The van der Waals surface area contributed by atoms with E-state index in [9.17, 15) is 4.79 Å². The van der Waals surface area contributed by atoms with E-state index in [1.807, 2.05) is 47.4 Å². The average Bonchev–Trinajstić information content (AvgIpc) is 3.37. The van der Waals surface area contributed by atoms with Gasteiger partial charge in [-0.2, -0.15) is 0 Å². The molecule has 3 heterocycles. The Morgan fingerprint density at radius 2 is 1.97 bits per heavy atom. The fourth-order valence-corrected chi connectivity index (χ4v) is 4.21. The number of carbonyl (C=O) groups is 1. The van der Waals surface area contributed by atoms with Crippen molar-refractivity contribution in [3.05, 3.63) is 76.3 Å². The van der Waals surface area contributed by atoms with Gasteiger partial charge in [-0.25, -0.2) is 4.68 Å². The van der Waals surface area contributed by atoms with Crippen LogP contribution in [0.5, 0.6) is 0 Å². The number of amides is 1. The van der Waals surface area contributed by atoms with Gasteiger partial charge in [-0.15, -0.1) is 16.4 Å². The van der Waals surface area contributed by atoms with Gasteiger partial charge in [-0.05, 0) is 23.4 Å². The van der Waals surface area contributed by atoms with Crippen LogP contribution < -0.4 is 0 Å². The maximum Gasteiger partial charge on any atom is 0.276 e. The molecule has 0 atom stereocenters. The molecule has 1 aliphatic rings. The lowest BCUT2D eigenvalue weighted by Crippen LogP contribution is -2.35. The van der Waals surface area contributed by atoms with Crippen LogP contribution in [0.15, 0.2) is 60.1 Å². The Labute approximate surface area is 175 Å². The van der Waals surface area contributed by atoms with Gasteiger partial charge in [0.1, 0.15) is 0 Å². The normalized spacial score (nSPS) is 15.7. The molecule has 2 aromatic heterocycles. The second-order valence-corrected chi connectivity index (χ2v) is 8.17. The molecule has 0 N–H and O–H groups in total. The molecule has 0 radical (unpaired) electrons. The van der Waals surface area contributed by atoms with Crippen molar-refractivity contribution in [2.75, 3.05) is 26.2 Å². The lowest BCUT2D eigenvalue weighted by molar-refractivity contribution is 0.0755. The minimum absolute atomic E-state index is 0.0266. The molecule has 0 bridgehead atoms. The third-order valence-electron chi connectivity index (χ3n) is 5.00. The molecule has 3 aromatic rings. The summed E-state index contributed by atoms with van der Waals surface area (Å²) in [6.45, 7) is 4.94. The average molecular weight is 408 g/mol. The van der Waals surface area contributed by atoms with Crippen LogP contribution in [0.4, 0.5) is 0 Å². The van der Waals surface area contributed by atoms with Gasteiger partial charge in [0.2, 0.25) is 0 Å². The predicted octanol–water partition coefficient (Wildman–Crippen LogP) is 3.40. The molecular weight excluding hydrogens is 382 g/mol. The van der Waals surface area contributed by atoms with Crippen molar-refractivity contribution in [1.82, 2.24) is 24.8 Å². The van der Waals surface area contributed by atoms with Gasteiger partial charge in [-0.3, -0.25) is 9.69 Å². The van der Waals surface area contributed by atoms with E-state index in [-0.39, 0.29) is 5.91 Å². The monoisotopic (exact) mass is 407 g/mol. The first-order valence-electron chi connectivity index (χ1n) is 9.94. The first-order valence-corrected chi connectivity index (χ1v) is 10.8. The van der Waals surface area contributed by atoms with Crippen LogP contribution in [0.1, 0.15) is 27.3 Å². The first-order chi connectivity index (χ1) is 14.3. The van der Waals surface area contributed by atoms with Gasteiger partial charge in [0.15, 0.2) is 5.69 Å². The smallest absolute Gasteiger partial charge is 0.276 e. The lowest BCUT2D eigenvalue weighted by Gasteiger charge is -2.20. The van der Waals surface area contributed by atoms with Crippen molar-refractivity contribution < 1.29 is 4.79 Å². The molecule has 0 saturated carbocycles. The van der Waals surface area contributed by atoms with Crippen LogP contribution in [-0.4, -0.2) is 56.9 Å². The van der Waals surface area contributed by atoms with E-state index in [1.54, 1.807) is 22.2 Å². The van der Waals surface area contributed by atoms with Crippen molar-refractivity contribution in [3.8, 4) is 0 Å². The summed E-state index contributed by atoms with van der Waals surface area (Å²) in [5, 5.41) is 10.3. The van der Waals surface area contributed by atoms with Crippen LogP contribution in [0.3, 0.4) is 0 Å². The highest BCUT2D eigenvalue weighted by molar-refractivity contribution is 7.09. The van der Waals surface area contributed by atoms with E-state index in [0.29, 0.717) is 12.2 Å². The molecule has 1 aliphatic heterocycles. The van der Waals surface area contributed by atoms with Crippen molar-refractivity contribution >= 4 is 23.3 Å². The lowest BCUT2D eigenvalue weighted by atomic mass is 10.2. The number of carbonyl (C=O) groups excluding carboxylic acids is 1. The standard InChI is InChI=1S/C22H25N5OS/c28-22(26-12-6-11-25(14-15-26)17-20-10-5-16-29-20)21-18-27(24-23-21)13-4-9-19-7-2-1-3-8-19/h1-5,7-10,16,18H,6,11-15,17H2. The summed E-state index contributed by atoms with van der Waals surface area (Å²) < 4.78 is 1.70. The van der Waals surface area contributed by atoms with Crippen molar-refractivity contribution in [2.24, 2.45) is 0 Å². The Morgan fingerprint density at radius 3 is 2.79 bits per heavy atom. The molecule has 29 heavy (non-hydrogen) atoms. The quantitative estimate of drug-likeness (QED) is 0.628. The molecule has 1 aromatic carbocycles. The zero-order chi connectivity index (χ0) is 19.9. The van der Waals surface area contributed by atoms with Gasteiger partial charge in [0.05, 0.1) is 12.7 Å². The van der Waals surface area contributed by atoms with Crippen LogP contribution in [0.25, 0.3) is 6.08 Å². The highest BCUT2D eigenvalue weighted by Crippen LogP contribution is 2.14. The molecule has 1 amide bonds. The highest BCUT2D eigenvalue weighted by Gasteiger charge is 2.22. The number of rotatable bonds is 6. The Bertz CT molecular complexity index is 935. The van der Waals surface area contributed by atoms with Gasteiger partial charge >= 0.3 is 0 Å². The summed E-state index contributed by atoms with van der Waals surface area (Å²) in [6, 6.07) is 14.4. The van der Waals surface area contributed by atoms with Crippen molar-refractivity contribution in [1.29, 1.82) is 0 Å². The predicted molar refractivity (Wildman–Crippen MR) is 116 cm³/mol. The number of hydrogen-bond donors (Lipinski definition) is 0. The van der Waals surface area contributed by atoms with E-state index in [0.717, 1.165) is 44.7 Å². The Morgan fingerprint density at radius 1 is 1.07 bits per heavy atom. The zero-order valence-electron chi connectivity index (χ0n) is 16.4. The summed E-state index contributed by atoms with van der Waals surface area (Å²) in [7, 11) is 0. The number of allylic oxidation sites excluding steroid dienone is 1. The topological polar surface area (TPSA) is 54.3 Å². The fourth-order valence-electron chi connectivity index (χ4n) is 3.46. The molecule has 150 valence electrons. The molecule has 0 unspecified atom stereocenters.